The quantitative estimate of drug-likeness (QED) is 0.385. The van der Waals surface area contributed by atoms with Crippen LogP contribution >= 0.6 is 0 Å². The third-order valence-corrected chi connectivity index (χ3v) is 6.43. The number of aryl methyl sites for hydroxylation is 3. The van der Waals surface area contributed by atoms with Crippen LogP contribution in [0, 0.1) is 26.7 Å². The van der Waals surface area contributed by atoms with E-state index in [0.29, 0.717) is 18.8 Å². The van der Waals surface area contributed by atoms with Crippen molar-refractivity contribution >= 4 is 5.91 Å². The molecule has 2 aromatic carbocycles. The molecule has 3 aromatic rings. The molecule has 2 N–H and O–H groups in total. The molecule has 0 radical (unpaired) electrons. The second kappa shape index (κ2) is 11.9. The van der Waals surface area contributed by atoms with Crippen LogP contribution in [0.3, 0.4) is 0 Å². The van der Waals surface area contributed by atoms with E-state index in [1.165, 1.54) is 16.7 Å². The van der Waals surface area contributed by atoms with E-state index in [9.17, 15) is 9.90 Å². The number of aromatic nitrogens is 1. The van der Waals surface area contributed by atoms with Crippen LogP contribution in [0.25, 0.3) is 0 Å². The first-order valence-electron chi connectivity index (χ1n) is 12.3. The number of carbonyl (C=O) groups is 1. The molecule has 0 aliphatic rings. The van der Waals surface area contributed by atoms with Gasteiger partial charge in [0, 0.05) is 18.3 Å². The molecular weight excluding hydrogens is 420 g/mol. The Kier molecular flexibility index (Phi) is 9.00. The topological polar surface area (TPSA) is 62.2 Å². The first-order valence-corrected chi connectivity index (χ1v) is 12.3. The summed E-state index contributed by atoms with van der Waals surface area (Å²) in [7, 11) is 0. The molecule has 3 rings (SSSR count). The fourth-order valence-electron chi connectivity index (χ4n) is 4.37. The molecule has 0 fully saturated rings. The predicted molar refractivity (Wildman–Crippen MR) is 139 cm³/mol. The van der Waals surface area contributed by atoms with Crippen LogP contribution in [0.4, 0.5) is 0 Å². The number of rotatable bonds is 10. The minimum Gasteiger partial charge on any atom is -0.388 e. The zero-order valence-corrected chi connectivity index (χ0v) is 21.1. The fraction of sp³-hybridized carbons (Fsp3) is 0.400. The molecule has 1 aromatic heterocycles. The first-order chi connectivity index (χ1) is 16.2. The molecule has 4 heteroatoms. The molecule has 2 atom stereocenters. The average molecular weight is 459 g/mol. The predicted octanol–water partition coefficient (Wildman–Crippen LogP) is 6.12. The maximum Gasteiger partial charge on any atom is 0.224 e. The van der Waals surface area contributed by atoms with Gasteiger partial charge in [-0.15, -0.1) is 0 Å². The summed E-state index contributed by atoms with van der Waals surface area (Å²) in [4.78, 5) is 17.2. The number of aliphatic hydroxyl groups is 1. The standard InChI is InChI=1S/C30H38N2O2/c1-20(2)8-15-28(27-14-9-21(3)17-22(27)4)32-30(34)18-24-10-12-25(13-11-24)29(33)19-26-7-6-16-31-23(26)5/h6-7,9-14,16-17,20,28-29,33H,8,15,18-19H2,1-5H3,(H,32,34). The van der Waals surface area contributed by atoms with Crippen molar-refractivity contribution in [1.29, 1.82) is 0 Å². The van der Waals surface area contributed by atoms with Gasteiger partial charge in [-0.05, 0) is 73.4 Å². The van der Waals surface area contributed by atoms with Crippen LogP contribution < -0.4 is 5.32 Å². The second-order valence-electron chi connectivity index (χ2n) is 9.84. The van der Waals surface area contributed by atoms with Gasteiger partial charge in [-0.25, -0.2) is 0 Å². The van der Waals surface area contributed by atoms with Crippen molar-refractivity contribution in [2.24, 2.45) is 5.92 Å². The van der Waals surface area contributed by atoms with Crippen LogP contribution in [0.5, 0.6) is 0 Å². The van der Waals surface area contributed by atoms with Gasteiger partial charge in [-0.2, -0.15) is 0 Å². The highest BCUT2D eigenvalue weighted by molar-refractivity contribution is 5.79. The zero-order chi connectivity index (χ0) is 24.7. The number of carbonyl (C=O) groups excluding carboxylic acids is 1. The summed E-state index contributed by atoms with van der Waals surface area (Å²) in [5, 5.41) is 13.9. The van der Waals surface area contributed by atoms with E-state index in [4.69, 9.17) is 0 Å². The minimum atomic E-state index is -0.601. The summed E-state index contributed by atoms with van der Waals surface area (Å²) in [5.74, 6) is 0.604. The zero-order valence-electron chi connectivity index (χ0n) is 21.1. The summed E-state index contributed by atoms with van der Waals surface area (Å²) in [6.45, 7) is 10.6. The summed E-state index contributed by atoms with van der Waals surface area (Å²) in [6.07, 6.45) is 3.98. The molecule has 34 heavy (non-hydrogen) atoms. The lowest BCUT2D eigenvalue weighted by Crippen LogP contribution is -2.30. The molecule has 1 amide bonds. The highest BCUT2D eigenvalue weighted by Crippen LogP contribution is 2.25. The lowest BCUT2D eigenvalue weighted by atomic mass is 9.93. The van der Waals surface area contributed by atoms with Crippen molar-refractivity contribution in [3.63, 3.8) is 0 Å². The Morgan fingerprint density at radius 2 is 1.74 bits per heavy atom. The third-order valence-electron chi connectivity index (χ3n) is 6.43. The van der Waals surface area contributed by atoms with Gasteiger partial charge in [-0.1, -0.05) is 67.9 Å². The van der Waals surface area contributed by atoms with Gasteiger partial charge in [0.1, 0.15) is 0 Å². The van der Waals surface area contributed by atoms with Crippen LogP contribution in [-0.4, -0.2) is 16.0 Å². The van der Waals surface area contributed by atoms with Crippen LogP contribution in [0.15, 0.2) is 60.8 Å². The lowest BCUT2D eigenvalue weighted by Gasteiger charge is -2.22. The van der Waals surface area contributed by atoms with Crippen molar-refractivity contribution in [3.8, 4) is 0 Å². The van der Waals surface area contributed by atoms with E-state index in [0.717, 1.165) is 35.2 Å². The van der Waals surface area contributed by atoms with E-state index in [1.807, 2.05) is 43.3 Å². The molecular formula is C30H38N2O2. The number of pyridine rings is 1. The average Bonchev–Trinajstić information content (AvgIpc) is 2.79. The number of aliphatic hydroxyl groups excluding tert-OH is 1. The monoisotopic (exact) mass is 458 g/mol. The molecule has 0 saturated carbocycles. The van der Waals surface area contributed by atoms with Crippen LogP contribution in [0.2, 0.25) is 0 Å². The highest BCUT2D eigenvalue weighted by atomic mass is 16.3. The van der Waals surface area contributed by atoms with E-state index >= 15 is 0 Å². The Hall–Kier alpha value is -2.98. The number of hydrogen-bond acceptors (Lipinski definition) is 3. The maximum atomic E-state index is 12.9. The number of amides is 1. The fourth-order valence-corrected chi connectivity index (χ4v) is 4.37. The highest BCUT2D eigenvalue weighted by Gasteiger charge is 2.18. The number of benzene rings is 2. The number of hydrogen-bond donors (Lipinski definition) is 2. The van der Waals surface area contributed by atoms with E-state index in [2.05, 4.69) is 56.2 Å². The van der Waals surface area contributed by atoms with Gasteiger partial charge < -0.3 is 10.4 Å². The largest absolute Gasteiger partial charge is 0.388 e. The third kappa shape index (κ3) is 7.26. The summed E-state index contributed by atoms with van der Waals surface area (Å²) in [6, 6.07) is 18.1. The molecule has 0 saturated heterocycles. The number of nitrogens with zero attached hydrogens (tertiary/aromatic N) is 1. The van der Waals surface area contributed by atoms with Crippen molar-refractivity contribution in [1.82, 2.24) is 10.3 Å². The van der Waals surface area contributed by atoms with Gasteiger partial charge in [-0.3, -0.25) is 9.78 Å². The summed E-state index contributed by atoms with van der Waals surface area (Å²) < 4.78 is 0. The molecule has 0 aliphatic heterocycles. The van der Waals surface area contributed by atoms with Gasteiger partial charge >= 0.3 is 0 Å². The maximum absolute atomic E-state index is 12.9. The molecule has 0 spiro atoms. The Bertz CT molecular complexity index is 1090. The van der Waals surface area contributed by atoms with Crippen LogP contribution in [0.1, 0.15) is 77.9 Å². The second-order valence-corrected chi connectivity index (χ2v) is 9.84. The van der Waals surface area contributed by atoms with Crippen molar-refractivity contribution in [2.75, 3.05) is 0 Å². The molecule has 1 heterocycles. The van der Waals surface area contributed by atoms with Crippen molar-refractivity contribution in [3.05, 3.63) is 99.9 Å². The Balaban J connectivity index is 1.64. The molecule has 180 valence electrons. The van der Waals surface area contributed by atoms with Crippen LogP contribution in [-0.2, 0) is 17.6 Å². The van der Waals surface area contributed by atoms with E-state index < -0.39 is 6.10 Å². The van der Waals surface area contributed by atoms with E-state index in [-0.39, 0.29) is 11.9 Å². The van der Waals surface area contributed by atoms with Crippen molar-refractivity contribution in [2.45, 2.75) is 72.4 Å². The van der Waals surface area contributed by atoms with Gasteiger partial charge in [0.05, 0.1) is 18.6 Å². The Morgan fingerprint density at radius 3 is 2.38 bits per heavy atom. The molecule has 0 bridgehead atoms. The molecule has 0 aliphatic carbocycles. The first kappa shape index (κ1) is 25.6. The summed E-state index contributed by atoms with van der Waals surface area (Å²) >= 11 is 0. The Morgan fingerprint density at radius 1 is 1.00 bits per heavy atom. The molecule has 4 nitrogen and oxygen atoms in total. The lowest BCUT2D eigenvalue weighted by molar-refractivity contribution is -0.121. The minimum absolute atomic E-state index is 0.0133. The van der Waals surface area contributed by atoms with Gasteiger partial charge in [0.25, 0.3) is 0 Å². The smallest absolute Gasteiger partial charge is 0.224 e. The van der Waals surface area contributed by atoms with E-state index in [1.54, 1.807) is 6.20 Å². The Labute approximate surface area is 204 Å². The number of nitrogens with one attached hydrogen (secondary N) is 1. The van der Waals surface area contributed by atoms with Gasteiger partial charge in [0.2, 0.25) is 5.91 Å². The van der Waals surface area contributed by atoms with Crippen molar-refractivity contribution < 1.29 is 9.90 Å². The normalized spacial score (nSPS) is 13.0. The molecule has 2 unspecified atom stereocenters. The summed E-state index contributed by atoms with van der Waals surface area (Å²) in [5.41, 5.74) is 7.41. The SMILES string of the molecule is Cc1ccc(C(CCC(C)C)NC(=O)Cc2ccc(C(O)Cc3cccnc3C)cc2)c(C)c1. The van der Waals surface area contributed by atoms with Gasteiger partial charge in [0.15, 0.2) is 0 Å².